The summed E-state index contributed by atoms with van der Waals surface area (Å²) < 4.78 is 6.01. The third-order valence-electron chi connectivity index (χ3n) is 5.54. The average molecular weight is 407 g/mol. The van der Waals surface area contributed by atoms with Crippen LogP contribution in [0.4, 0.5) is 5.69 Å². The van der Waals surface area contributed by atoms with Gasteiger partial charge in [0.1, 0.15) is 16.9 Å². The van der Waals surface area contributed by atoms with Gasteiger partial charge in [0.25, 0.3) is 0 Å². The summed E-state index contributed by atoms with van der Waals surface area (Å²) in [4.78, 5) is 30.0. The van der Waals surface area contributed by atoms with Gasteiger partial charge in [0, 0.05) is 22.8 Å². The largest absolute Gasteiger partial charge is 0.457 e. The monoisotopic (exact) mass is 407 g/mol. The maximum absolute atomic E-state index is 12.9. The van der Waals surface area contributed by atoms with Crippen LogP contribution in [0.25, 0.3) is 10.9 Å². The fourth-order valence-corrected chi connectivity index (χ4v) is 3.63. The number of carbonyl (C=O) groups excluding carboxylic acids is 2. The van der Waals surface area contributed by atoms with E-state index in [1.165, 1.54) is 0 Å². The molecule has 0 aliphatic heterocycles. The van der Waals surface area contributed by atoms with Gasteiger partial charge in [0.2, 0.25) is 5.91 Å². The minimum absolute atomic E-state index is 0.118. The number of aromatic nitrogens is 1. The molecule has 0 atom stereocenters. The van der Waals surface area contributed by atoms with E-state index in [4.69, 9.17) is 4.74 Å². The van der Waals surface area contributed by atoms with Crippen molar-refractivity contribution in [1.82, 2.24) is 4.98 Å². The molecular weight excluding hydrogens is 388 g/mol. The molecular formula is C26H19N2O3. The van der Waals surface area contributed by atoms with Crippen molar-refractivity contribution in [3.05, 3.63) is 96.7 Å². The van der Waals surface area contributed by atoms with Crippen molar-refractivity contribution in [2.45, 2.75) is 12.8 Å². The third-order valence-corrected chi connectivity index (χ3v) is 5.54. The van der Waals surface area contributed by atoms with Crippen molar-refractivity contribution >= 4 is 28.3 Å². The first kappa shape index (κ1) is 19.0. The zero-order valence-electron chi connectivity index (χ0n) is 16.7. The maximum Gasteiger partial charge on any atom is 0.238 e. The molecule has 1 aromatic heterocycles. The van der Waals surface area contributed by atoms with E-state index in [1.54, 1.807) is 42.6 Å². The van der Waals surface area contributed by atoms with E-state index in [2.05, 4.69) is 16.4 Å². The molecule has 5 rings (SSSR count). The number of rotatable bonds is 6. The summed E-state index contributed by atoms with van der Waals surface area (Å²) in [5, 5.41) is 3.78. The highest BCUT2D eigenvalue weighted by atomic mass is 16.5. The van der Waals surface area contributed by atoms with E-state index < -0.39 is 5.41 Å². The summed E-state index contributed by atoms with van der Waals surface area (Å²) in [6, 6.07) is 26.4. The van der Waals surface area contributed by atoms with Crippen LogP contribution < -0.4 is 10.1 Å². The molecule has 31 heavy (non-hydrogen) atoms. The number of nitrogens with one attached hydrogen (secondary N) is 1. The third kappa shape index (κ3) is 3.66. The number of nitrogens with zero attached hydrogens (tertiary/aromatic N) is 1. The van der Waals surface area contributed by atoms with Gasteiger partial charge in [-0.05, 0) is 61.4 Å². The molecule has 1 aliphatic carbocycles. The Hall–Kier alpha value is -3.99. The van der Waals surface area contributed by atoms with Crippen LogP contribution in [0, 0.1) is 11.5 Å². The molecule has 5 heteroatoms. The molecule has 1 heterocycles. The van der Waals surface area contributed by atoms with E-state index in [0.29, 0.717) is 35.6 Å². The molecule has 0 bridgehead atoms. The lowest BCUT2D eigenvalue weighted by Crippen LogP contribution is -2.31. The van der Waals surface area contributed by atoms with Gasteiger partial charge < -0.3 is 10.1 Å². The number of pyridine rings is 1. The molecule has 1 amide bonds. The Labute approximate surface area is 179 Å². The molecule has 0 saturated heterocycles. The van der Waals surface area contributed by atoms with Crippen LogP contribution in [0.3, 0.4) is 0 Å². The van der Waals surface area contributed by atoms with Crippen molar-refractivity contribution in [3.8, 4) is 11.5 Å². The molecule has 151 valence electrons. The second kappa shape index (κ2) is 7.69. The Morgan fingerprint density at radius 2 is 1.74 bits per heavy atom. The van der Waals surface area contributed by atoms with Gasteiger partial charge in [-0.1, -0.05) is 36.4 Å². The Bertz CT molecular complexity index is 1260. The number of ketones is 1. The molecule has 1 fully saturated rings. The molecule has 1 saturated carbocycles. The van der Waals surface area contributed by atoms with Gasteiger partial charge >= 0.3 is 0 Å². The Morgan fingerprint density at radius 3 is 2.48 bits per heavy atom. The van der Waals surface area contributed by atoms with Crippen LogP contribution in [0.1, 0.15) is 23.2 Å². The number of hydrogen-bond acceptors (Lipinski definition) is 4. The van der Waals surface area contributed by atoms with Gasteiger partial charge in [-0.3, -0.25) is 14.6 Å². The summed E-state index contributed by atoms with van der Waals surface area (Å²) in [5.41, 5.74) is 1.05. The van der Waals surface area contributed by atoms with Gasteiger partial charge in [-0.15, -0.1) is 0 Å². The number of fused-ring (bicyclic) bond motifs is 1. The fraction of sp³-hybridized carbons (Fsp3) is 0.115. The molecule has 0 unspecified atom stereocenters. The first-order chi connectivity index (χ1) is 15.2. The summed E-state index contributed by atoms with van der Waals surface area (Å²) in [6.45, 7) is 0. The number of hydrogen-bond donors (Lipinski definition) is 1. The van der Waals surface area contributed by atoms with E-state index in [-0.39, 0.29) is 11.7 Å². The van der Waals surface area contributed by atoms with Gasteiger partial charge in [0.05, 0.1) is 5.52 Å². The molecule has 0 spiro atoms. The normalized spacial score (nSPS) is 14.1. The smallest absolute Gasteiger partial charge is 0.238 e. The van der Waals surface area contributed by atoms with Crippen LogP contribution >= 0.6 is 0 Å². The van der Waals surface area contributed by atoms with Crippen LogP contribution in [-0.4, -0.2) is 16.7 Å². The number of Topliss-reactive ketones (excluding diaryl/α,β-unsaturated/α-hetero) is 1. The van der Waals surface area contributed by atoms with Crippen molar-refractivity contribution in [2.75, 3.05) is 5.32 Å². The SMILES string of the molecule is O=C(Nc1ccc(Oc2ccnc3c[c]ccc23)cc1)C1(C(=O)c2ccccc2)CC1. The molecule has 1 N–H and O–H groups in total. The Morgan fingerprint density at radius 1 is 0.968 bits per heavy atom. The zero-order chi connectivity index (χ0) is 21.3. The van der Waals surface area contributed by atoms with Gasteiger partial charge in [-0.25, -0.2) is 0 Å². The van der Waals surface area contributed by atoms with E-state index in [0.717, 1.165) is 10.9 Å². The second-order valence-electron chi connectivity index (χ2n) is 7.61. The first-order valence-electron chi connectivity index (χ1n) is 10.1. The predicted molar refractivity (Wildman–Crippen MR) is 118 cm³/mol. The van der Waals surface area contributed by atoms with E-state index >= 15 is 0 Å². The molecule has 5 nitrogen and oxygen atoms in total. The van der Waals surface area contributed by atoms with Crippen molar-refractivity contribution in [3.63, 3.8) is 0 Å². The van der Waals surface area contributed by atoms with Crippen LogP contribution in [0.2, 0.25) is 0 Å². The van der Waals surface area contributed by atoms with E-state index in [1.807, 2.05) is 42.5 Å². The number of benzene rings is 3. The number of ether oxygens (including phenoxy) is 1. The molecule has 4 aromatic rings. The van der Waals surface area contributed by atoms with Crippen molar-refractivity contribution in [1.29, 1.82) is 0 Å². The van der Waals surface area contributed by atoms with Gasteiger partial charge in [0.15, 0.2) is 5.78 Å². The van der Waals surface area contributed by atoms with Crippen molar-refractivity contribution in [2.24, 2.45) is 5.41 Å². The average Bonchev–Trinajstić information content (AvgIpc) is 3.63. The highest BCUT2D eigenvalue weighted by Gasteiger charge is 2.56. The minimum Gasteiger partial charge on any atom is -0.457 e. The molecule has 3 aromatic carbocycles. The summed E-state index contributed by atoms with van der Waals surface area (Å²) in [6.07, 6.45) is 2.83. The topological polar surface area (TPSA) is 68.3 Å². The quantitative estimate of drug-likeness (QED) is 0.342. The van der Waals surface area contributed by atoms with Crippen molar-refractivity contribution < 1.29 is 14.3 Å². The maximum atomic E-state index is 12.9. The highest BCUT2D eigenvalue weighted by Crippen LogP contribution is 2.49. The van der Waals surface area contributed by atoms with Crippen LogP contribution in [-0.2, 0) is 4.79 Å². The Balaban J connectivity index is 1.29. The Kier molecular flexibility index (Phi) is 4.71. The lowest BCUT2D eigenvalue weighted by atomic mass is 9.93. The first-order valence-corrected chi connectivity index (χ1v) is 10.1. The number of amides is 1. The predicted octanol–water partition coefficient (Wildman–Crippen LogP) is 5.43. The summed E-state index contributed by atoms with van der Waals surface area (Å²) >= 11 is 0. The second-order valence-corrected chi connectivity index (χ2v) is 7.61. The highest BCUT2D eigenvalue weighted by molar-refractivity contribution is 6.19. The standard InChI is InChI=1S/C26H19N2O3/c29-24(18-6-2-1-3-7-18)26(15-16-26)25(30)28-19-10-12-20(13-11-19)31-23-14-17-27-22-9-5-4-8-21(22)23/h1-4,6-14,17H,15-16H2,(H,28,30). The lowest BCUT2D eigenvalue weighted by molar-refractivity contribution is -0.119. The van der Waals surface area contributed by atoms with E-state index in [9.17, 15) is 9.59 Å². The fourth-order valence-electron chi connectivity index (χ4n) is 3.63. The molecule has 1 radical (unpaired) electrons. The minimum atomic E-state index is -0.955. The lowest BCUT2D eigenvalue weighted by Gasteiger charge is -2.15. The van der Waals surface area contributed by atoms with Gasteiger partial charge in [-0.2, -0.15) is 0 Å². The number of carbonyl (C=O) groups is 2. The summed E-state index contributed by atoms with van der Waals surface area (Å²) in [7, 11) is 0. The van der Waals surface area contributed by atoms with Crippen LogP contribution in [0.5, 0.6) is 11.5 Å². The number of anilines is 1. The zero-order valence-corrected chi connectivity index (χ0v) is 16.7. The van der Waals surface area contributed by atoms with Crippen LogP contribution in [0.15, 0.2) is 85.1 Å². The summed E-state index contributed by atoms with van der Waals surface area (Å²) in [5.74, 6) is 0.958. The molecule has 1 aliphatic rings.